The first kappa shape index (κ1) is 22.6. The van der Waals surface area contributed by atoms with Crippen LogP contribution in [0.2, 0.25) is 5.02 Å². The predicted octanol–water partition coefficient (Wildman–Crippen LogP) is 7.13. The van der Waals surface area contributed by atoms with E-state index < -0.39 is 0 Å². The van der Waals surface area contributed by atoms with Crippen molar-refractivity contribution < 1.29 is 9.84 Å². The molecule has 0 spiro atoms. The topological polar surface area (TPSA) is 29.5 Å². The molecule has 1 aromatic carbocycles. The summed E-state index contributed by atoms with van der Waals surface area (Å²) in [5.41, 5.74) is 0. The van der Waals surface area contributed by atoms with Crippen LogP contribution in [0.1, 0.15) is 79.1 Å². The Morgan fingerprint density at radius 2 is 1.44 bits per heavy atom. The molecule has 1 N–H and O–H groups in total. The van der Waals surface area contributed by atoms with Gasteiger partial charge in [0.25, 0.3) is 0 Å². The van der Waals surface area contributed by atoms with E-state index in [9.17, 15) is 5.11 Å². The van der Waals surface area contributed by atoms with Gasteiger partial charge in [0.05, 0.1) is 6.10 Å². The Hall–Kier alpha value is -0.730. The van der Waals surface area contributed by atoms with Gasteiger partial charge in [-0.05, 0) is 67.6 Å². The zero-order valence-corrected chi connectivity index (χ0v) is 18.4. The van der Waals surface area contributed by atoms with Crippen molar-refractivity contribution in [1.29, 1.82) is 0 Å². The van der Waals surface area contributed by atoms with Crippen molar-refractivity contribution in [2.75, 3.05) is 0 Å². The first-order valence-corrected chi connectivity index (χ1v) is 11.4. The molecule has 27 heavy (non-hydrogen) atoms. The van der Waals surface area contributed by atoms with Gasteiger partial charge in [-0.15, -0.1) is 0 Å². The van der Waals surface area contributed by atoms with Crippen molar-refractivity contribution in [2.45, 2.75) is 91.3 Å². The van der Waals surface area contributed by atoms with Gasteiger partial charge in [0.1, 0.15) is 11.9 Å². The summed E-state index contributed by atoms with van der Waals surface area (Å²) in [6.45, 7) is 8.69. The van der Waals surface area contributed by atoms with Crippen LogP contribution in [0.3, 0.4) is 0 Å². The smallest absolute Gasteiger partial charge is 0.121 e. The molecule has 0 aromatic heterocycles. The quantitative estimate of drug-likeness (QED) is 0.556. The Morgan fingerprint density at radius 3 is 1.93 bits per heavy atom. The molecule has 3 rings (SSSR count). The predicted molar refractivity (Wildman–Crippen MR) is 115 cm³/mol. The maximum absolute atomic E-state index is 9.63. The zero-order chi connectivity index (χ0) is 19.8. The Balaban J connectivity index is 0.000000223. The first-order valence-electron chi connectivity index (χ1n) is 11.0. The molecule has 154 valence electrons. The van der Waals surface area contributed by atoms with Gasteiger partial charge in [0.2, 0.25) is 0 Å². The fourth-order valence-electron chi connectivity index (χ4n) is 4.60. The Kier molecular flexibility index (Phi) is 9.45. The van der Waals surface area contributed by atoms with Gasteiger partial charge in [-0.25, -0.2) is 0 Å². The first-order chi connectivity index (χ1) is 12.9. The monoisotopic (exact) mass is 394 g/mol. The number of ether oxygens (including phenoxy) is 1. The minimum Gasteiger partial charge on any atom is -0.490 e. The highest BCUT2D eigenvalue weighted by Crippen LogP contribution is 2.34. The summed E-state index contributed by atoms with van der Waals surface area (Å²) in [5, 5.41) is 10.4. The van der Waals surface area contributed by atoms with Crippen LogP contribution in [-0.4, -0.2) is 17.3 Å². The molecule has 2 nitrogen and oxygen atoms in total. The lowest BCUT2D eigenvalue weighted by atomic mass is 9.92. The van der Waals surface area contributed by atoms with E-state index in [1.807, 2.05) is 24.3 Å². The molecule has 0 heterocycles. The van der Waals surface area contributed by atoms with E-state index in [0.717, 1.165) is 10.8 Å². The van der Waals surface area contributed by atoms with E-state index in [4.69, 9.17) is 16.3 Å². The summed E-state index contributed by atoms with van der Waals surface area (Å²) in [7, 11) is 0. The fourth-order valence-corrected chi connectivity index (χ4v) is 4.78. The average molecular weight is 395 g/mol. The maximum atomic E-state index is 9.63. The molecule has 2 atom stereocenters. The van der Waals surface area contributed by atoms with Crippen LogP contribution >= 0.6 is 11.6 Å². The molecule has 3 heteroatoms. The molecular weight excluding hydrogens is 356 g/mol. The molecule has 0 unspecified atom stereocenters. The SMILES string of the molecule is CC(C)[C@H](O)C1CCCC1.CC(C)[C@H](Oc1cccc(Cl)c1)C1CCCC1. The van der Waals surface area contributed by atoms with Crippen LogP contribution < -0.4 is 4.74 Å². The van der Waals surface area contributed by atoms with Crippen molar-refractivity contribution in [1.82, 2.24) is 0 Å². The molecule has 2 aliphatic rings. The molecule has 0 bridgehead atoms. The molecule has 0 amide bonds. The summed E-state index contributed by atoms with van der Waals surface area (Å²) in [4.78, 5) is 0. The summed E-state index contributed by atoms with van der Waals surface area (Å²) in [5.74, 6) is 3.23. The van der Waals surface area contributed by atoms with Crippen molar-refractivity contribution in [3.63, 3.8) is 0 Å². The second-order valence-electron chi connectivity index (χ2n) is 9.11. The van der Waals surface area contributed by atoms with Crippen LogP contribution in [0, 0.1) is 23.7 Å². The molecule has 0 aliphatic heterocycles. The van der Waals surface area contributed by atoms with Gasteiger partial charge in [-0.2, -0.15) is 0 Å². The van der Waals surface area contributed by atoms with E-state index in [0.29, 0.717) is 29.8 Å². The third kappa shape index (κ3) is 7.31. The lowest BCUT2D eigenvalue weighted by molar-refractivity contribution is 0.0673. The van der Waals surface area contributed by atoms with E-state index >= 15 is 0 Å². The Morgan fingerprint density at radius 1 is 0.889 bits per heavy atom. The molecule has 0 radical (unpaired) electrons. The van der Waals surface area contributed by atoms with Crippen molar-refractivity contribution in [3.8, 4) is 5.75 Å². The number of hydrogen-bond donors (Lipinski definition) is 1. The number of halogens is 1. The molecule has 2 aliphatic carbocycles. The van der Waals surface area contributed by atoms with E-state index in [2.05, 4.69) is 27.7 Å². The van der Waals surface area contributed by atoms with Crippen LogP contribution in [0.5, 0.6) is 5.75 Å². The molecular formula is C24H39ClO2. The zero-order valence-electron chi connectivity index (χ0n) is 17.7. The summed E-state index contributed by atoms with van der Waals surface area (Å²) in [6.07, 6.45) is 10.8. The van der Waals surface area contributed by atoms with Crippen LogP contribution in [0.4, 0.5) is 0 Å². The summed E-state index contributed by atoms with van der Waals surface area (Å²) >= 11 is 5.99. The largest absolute Gasteiger partial charge is 0.490 e. The highest BCUT2D eigenvalue weighted by atomic mass is 35.5. The van der Waals surface area contributed by atoms with Crippen molar-refractivity contribution >= 4 is 11.6 Å². The van der Waals surface area contributed by atoms with Gasteiger partial charge >= 0.3 is 0 Å². The standard InChI is InChI=1S/C15H21ClO.C9H18O/c1-11(2)15(12-6-3-4-7-12)17-14-9-5-8-13(16)10-14;1-7(2)9(10)8-5-3-4-6-8/h5,8-12,15H,3-4,6-7H2,1-2H3;7-10H,3-6H2,1-2H3/t15-;9-/m00/s1. The van der Waals surface area contributed by atoms with Crippen LogP contribution in [0.25, 0.3) is 0 Å². The summed E-state index contributed by atoms with van der Waals surface area (Å²) < 4.78 is 6.16. The normalized spacial score (nSPS) is 20.6. The van der Waals surface area contributed by atoms with Gasteiger partial charge in [0, 0.05) is 5.02 Å². The number of aliphatic hydroxyl groups is 1. The minimum atomic E-state index is -0.0394. The van der Waals surface area contributed by atoms with E-state index in [-0.39, 0.29) is 6.10 Å². The number of rotatable bonds is 6. The number of benzene rings is 1. The third-order valence-electron chi connectivity index (χ3n) is 6.16. The molecule has 2 fully saturated rings. The second-order valence-corrected chi connectivity index (χ2v) is 9.54. The van der Waals surface area contributed by atoms with Gasteiger partial charge < -0.3 is 9.84 Å². The third-order valence-corrected chi connectivity index (χ3v) is 6.39. The highest BCUT2D eigenvalue weighted by molar-refractivity contribution is 6.30. The summed E-state index contributed by atoms with van der Waals surface area (Å²) in [6, 6.07) is 7.74. The maximum Gasteiger partial charge on any atom is 0.121 e. The highest BCUT2D eigenvalue weighted by Gasteiger charge is 2.29. The lowest BCUT2D eigenvalue weighted by Crippen LogP contribution is -2.30. The van der Waals surface area contributed by atoms with Gasteiger partial charge in [-0.3, -0.25) is 0 Å². The van der Waals surface area contributed by atoms with E-state index in [1.54, 1.807) is 0 Å². The number of hydrogen-bond acceptors (Lipinski definition) is 2. The Bertz CT molecular complexity index is 531. The van der Waals surface area contributed by atoms with Crippen LogP contribution in [-0.2, 0) is 0 Å². The molecule has 0 saturated heterocycles. The van der Waals surface area contributed by atoms with Crippen molar-refractivity contribution in [3.05, 3.63) is 29.3 Å². The Labute approximate surface area is 171 Å². The molecule has 1 aromatic rings. The minimum absolute atomic E-state index is 0.0394. The van der Waals surface area contributed by atoms with Crippen molar-refractivity contribution in [2.24, 2.45) is 23.7 Å². The molecule has 2 saturated carbocycles. The lowest BCUT2D eigenvalue weighted by Gasteiger charge is -2.28. The van der Waals surface area contributed by atoms with E-state index in [1.165, 1.54) is 51.4 Å². The fraction of sp³-hybridized carbons (Fsp3) is 0.750. The van der Waals surface area contributed by atoms with Crippen LogP contribution in [0.15, 0.2) is 24.3 Å². The average Bonchev–Trinajstić information content (AvgIpc) is 3.33. The van der Waals surface area contributed by atoms with Gasteiger partial charge in [-0.1, -0.05) is 71.0 Å². The second kappa shape index (κ2) is 11.3. The number of aliphatic hydroxyl groups excluding tert-OH is 1. The van der Waals surface area contributed by atoms with Gasteiger partial charge in [0.15, 0.2) is 0 Å².